The van der Waals surface area contributed by atoms with Gasteiger partial charge in [0.15, 0.2) is 11.5 Å². The summed E-state index contributed by atoms with van der Waals surface area (Å²) in [5.74, 6) is 3.07. The molecule has 16 heavy (non-hydrogen) atoms. The summed E-state index contributed by atoms with van der Waals surface area (Å²) in [5, 5.41) is 3.16. The fourth-order valence-electron chi connectivity index (χ4n) is 1.44. The van der Waals surface area contributed by atoms with E-state index < -0.39 is 0 Å². The molecule has 0 aromatic carbocycles. The predicted molar refractivity (Wildman–Crippen MR) is 61.0 cm³/mol. The van der Waals surface area contributed by atoms with Crippen LogP contribution in [0.1, 0.15) is 25.5 Å². The highest BCUT2D eigenvalue weighted by Gasteiger charge is 2.09. The van der Waals surface area contributed by atoms with Gasteiger partial charge in [0.05, 0.1) is 12.7 Å². The fourth-order valence-corrected chi connectivity index (χ4v) is 1.44. The number of aromatic nitrogens is 1. The van der Waals surface area contributed by atoms with E-state index in [1.165, 1.54) is 0 Å². The van der Waals surface area contributed by atoms with Crippen LogP contribution < -0.4 is 5.32 Å². The van der Waals surface area contributed by atoms with Gasteiger partial charge in [-0.25, -0.2) is 4.98 Å². The van der Waals surface area contributed by atoms with Crippen LogP contribution >= 0.6 is 0 Å². The van der Waals surface area contributed by atoms with Crippen molar-refractivity contribution in [3.8, 4) is 11.5 Å². The molecule has 1 N–H and O–H groups in total. The Morgan fingerprint density at radius 2 is 2.06 bits per heavy atom. The standard InChI is InChI=1S/C12H16N2O2/c1-3-9-5-6-10(15-9)11-7-14-12(16-11)8-13-4-2/h5-7,13H,3-4,8H2,1-2H3. The van der Waals surface area contributed by atoms with Gasteiger partial charge in [0, 0.05) is 6.42 Å². The second-order valence-electron chi connectivity index (χ2n) is 3.52. The zero-order valence-corrected chi connectivity index (χ0v) is 9.62. The van der Waals surface area contributed by atoms with Crippen LogP contribution in [0.15, 0.2) is 27.2 Å². The number of furan rings is 1. The van der Waals surface area contributed by atoms with Crippen molar-refractivity contribution in [1.82, 2.24) is 10.3 Å². The number of rotatable bonds is 5. The molecular weight excluding hydrogens is 204 g/mol. The lowest BCUT2D eigenvalue weighted by molar-refractivity contribution is 0.457. The summed E-state index contributed by atoms with van der Waals surface area (Å²) < 4.78 is 11.1. The summed E-state index contributed by atoms with van der Waals surface area (Å²) in [5.41, 5.74) is 0. The van der Waals surface area contributed by atoms with Crippen molar-refractivity contribution >= 4 is 0 Å². The van der Waals surface area contributed by atoms with E-state index in [9.17, 15) is 0 Å². The van der Waals surface area contributed by atoms with Crippen LogP contribution in [-0.4, -0.2) is 11.5 Å². The fraction of sp³-hybridized carbons (Fsp3) is 0.417. The average Bonchev–Trinajstić information content (AvgIpc) is 2.94. The molecule has 0 aliphatic rings. The minimum atomic E-state index is 0.651. The van der Waals surface area contributed by atoms with Crippen LogP contribution in [0.5, 0.6) is 0 Å². The first-order chi connectivity index (χ1) is 7.83. The summed E-state index contributed by atoms with van der Waals surface area (Å²) in [6.07, 6.45) is 2.59. The van der Waals surface area contributed by atoms with Crippen LogP contribution in [0.4, 0.5) is 0 Å². The van der Waals surface area contributed by atoms with Gasteiger partial charge in [-0.3, -0.25) is 0 Å². The lowest BCUT2D eigenvalue weighted by Gasteiger charge is -1.94. The molecule has 2 aromatic heterocycles. The Bertz CT molecular complexity index is 445. The number of nitrogens with one attached hydrogen (secondary N) is 1. The molecule has 0 unspecified atom stereocenters. The molecule has 0 saturated heterocycles. The Kier molecular flexibility index (Phi) is 3.41. The molecule has 2 aromatic rings. The number of nitrogens with zero attached hydrogens (tertiary/aromatic N) is 1. The minimum absolute atomic E-state index is 0.651. The van der Waals surface area contributed by atoms with E-state index in [0.29, 0.717) is 18.2 Å². The highest BCUT2D eigenvalue weighted by atomic mass is 16.4. The third-order valence-corrected chi connectivity index (χ3v) is 2.33. The number of hydrogen-bond donors (Lipinski definition) is 1. The van der Waals surface area contributed by atoms with Gasteiger partial charge in [0.25, 0.3) is 0 Å². The van der Waals surface area contributed by atoms with E-state index in [1.807, 2.05) is 19.1 Å². The topological polar surface area (TPSA) is 51.2 Å². The molecular formula is C12H16N2O2. The van der Waals surface area contributed by atoms with Crippen molar-refractivity contribution in [3.63, 3.8) is 0 Å². The van der Waals surface area contributed by atoms with E-state index in [0.717, 1.165) is 24.5 Å². The molecule has 86 valence electrons. The van der Waals surface area contributed by atoms with Gasteiger partial charge in [-0.1, -0.05) is 13.8 Å². The first-order valence-corrected chi connectivity index (χ1v) is 5.58. The molecule has 0 atom stereocenters. The normalized spacial score (nSPS) is 10.9. The summed E-state index contributed by atoms with van der Waals surface area (Å²) in [6, 6.07) is 3.87. The first kappa shape index (κ1) is 11.0. The minimum Gasteiger partial charge on any atom is -0.458 e. The third kappa shape index (κ3) is 2.33. The second-order valence-corrected chi connectivity index (χ2v) is 3.52. The van der Waals surface area contributed by atoms with E-state index in [2.05, 4.69) is 17.2 Å². The van der Waals surface area contributed by atoms with Crippen molar-refractivity contribution < 1.29 is 8.83 Å². The van der Waals surface area contributed by atoms with Crippen LogP contribution in [0.2, 0.25) is 0 Å². The summed E-state index contributed by atoms with van der Waals surface area (Å²) in [6.45, 7) is 5.65. The van der Waals surface area contributed by atoms with Crippen LogP contribution in [0.25, 0.3) is 11.5 Å². The maximum absolute atomic E-state index is 5.58. The Morgan fingerprint density at radius 3 is 2.75 bits per heavy atom. The highest BCUT2D eigenvalue weighted by Crippen LogP contribution is 2.23. The molecule has 0 spiro atoms. The van der Waals surface area contributed by atoms with Crippen molar-refractivity contribution in [2.75, 3.05) is 6.54 Å². The van der Waals surface area contributed by atoms with E-state index in [-0.39, 0.29) is 0 Å². The second kappa shape index (κ2) is 4.99. The Labute approximate surface area is 94.7 Å². The van der Waals surface area contributed by atoms with E-state index in [4.69, 9.17) is 8.83 Å². The van der Waals surface area contributed by atoms with Gasteiger partial charge in [0.2, 0.25) is 5.89 Å². The van der Waals surface area contributed by atoms with Gasteiger partial charge in [-0.05, 0) is 18.7 Å². The zero-order valence-electron chi connectivity index (χ0n) is 9.62. The summed E-state index contributed by atoms with van der Waals surface area (Å²) in [7, 11) is 0. The molecule has 4 heteroatoms. The molecule has 0 radical (unpaired) electrons. The van der Waals surface area contributed by atoms with Crippen molar-refractivity contribution in [3.05, 3.63) is 30.0 Å². The monoisotopic (exact) mass is 220 g/mol. The van der Waals surface area contributed by atoms with Gasteiger partial charge in [-0.15, -0.1) is 0 Å². The van der Waals surface area contributed by atoms with Crippen molar-refractivity contribution in [1.29, 1.82) is 0 Å². The summed E-state index contributed by atoms with van der Waals surface area (Å²) in [4.78, 5) is 4.18. The molecule has 0 amide bonds. The van der Waals surface area contributed by atoms with Gasteiger partial charge in [0.1, 0.15) is 5.76 Å². The molecule has 0 saturated carbocycles. The Hall–Kier alpha value is -1.55. The average molecular weight is 220 g/mol. The van der Waals surface area contributed by atoms with E-state index in [1.54, 1.807) is 6.20 Å². The molecule has 0 fully saturated rings. The van der Waals surface area contributed by atoms with Crippen molar-refractivity contribution in [2.45, 2.75) is 26.8 Å². The molecule has 0 aliphatic carbocycles. The lowest BCUT2D eigenvalue weighted by atomic mass is 10.3. The Morgan fingerprint density at radius 1 is 1.19 bits per heavy atom. The molecule has 2 heterocycles. The van der Waals surface area contributed by atoms with Crippen LogP contribution in [-0.2, 0) is 13.0 Å². The Balaban J connectivity index is 2.11. The zero-order chi connectivity index (χ0) is 11.4. The van der Waals surface area contributed by atoms with Gasteiger partial charge >= 0.3 is 0 Å². The first-order valence-electron chi connectivity index (χ1n) is 5.58. The smallest absolute Gasteiger partial charge is 0.209 e. The number of aryl methyl sites for hydroxylation is 1. The van der Waals surface area contributed by atoms with Crippen molar-refractivity contribution in [2.24, 2.45) is 0 Å². The van der Waals surface area contributed by atoms with Crippen LogP contribution in [0, 0.1) is 0 Å². The SMILES string of the molecule is CCNCc1ncc(-c2ccc(CC)o2)o1. The predicted octanol–water partition coefficient (Wildman–Crippen LogP) is 2.61. The molecule has 2 rings (SSSR count). The third-order valence-electron chi connectivity index (χ3n) is 2.33. The van der Waals surface area contributed by atoms with Crippen LogP contribution in [0.3, 0.4) is 0 Å². The lowest BCUT2D eigenvalue weighted by Crippen LogP contribution is -2.11. The summed E-state index contributed by atoms with van der Waals surface area (Å²) >= 11 is 0. The van der Waals surface area contributed by atoms with Gasteiger partial charge < -0.3 is 14.2 Å². The maximum atomic E-state index is 5.58. The quantitative estimate of drug-likeness (QED) is 0.841. The molecule has 0 bridgehead atoms. The molecule has 4 nitrogen and oxygen atoms in total. The number of hydrogen-bond acceptors (Lipinski definition) is 4. The highest BCUT2D eigenvalue weighted by molar-refractivity contribution is 5.48. The number of oxazole rings is 1. The molecule has 0 aliphatic heterocycles. The van der Waals surface area contributed by atoms with Gasteiger partial charge in [-0.2, -0.15) is 0 Å². The largest absolute Gasteiger partial charge is 0.458 e. The maximum Gasteiger partial charge on any atom is 0.209 e. The van der Waals surface area contributed by atoms with E-state index >= 15 is 0 Å².